The first kappa shape index (κ1) is 37.3. The third-order valence-electron chi connectivity index (χ3n) is 13.3. The molecule has 0 radical (unpaired) electrons. The average Bonchev–Trinajstić information content (AvgIpc) is 4.05. The van der Waals surface area contributed by atoms with Crippen molar-refractivity contribution in [1.82, 2.24) is 24.1 Å². The lowest BCUT2D eigenvalue weighted by molar-refractivity contribution is 0.670. The minimum Gasteiger partial charge on any atom is -0.455 e. The van der Waals surface area contributed by atoms with Crippen molar-refractivity contribution in [3.8, 4) is 56.7 Å². The summed E-state index contributed by atoms with van der Waals surface area (Å²) in [5.74, 6) is 1.78. The molecule has 0 amide bonds. The predicted octanol–water partition coefficient (Wildman–Crippen LogP) is 15.8. The molecule has 14 aromatic rings. The molecule has 0 N–H and O–H groups in total. The Labute approximate surface area is 384 Å². The SMILES string of the molecule is c1ccc(-c2nc(-c3ccc(-n4c5ccccc5c5cc6ccccc6cc54)c(-c4cccc5c4oc4ccccc45)c3)nc(-c3ccc4c(c3)c3ccccc3n4-c3ccccc3)n2)cc1. The monoisotopic (exact) mass is 855 g/mol. The van der Waals surface area contributed by atoms with Crippen LogP contribution in [0.15, 0.2) is 229 Å². The highest BCUT2D eigenvalue weighted by Crippen LogP contribution is 2.43. The normalized spacial score (nSPS) is 11.9. The summed E-state index contributed by atoms with van der Waals surface area (Å²) >= 11 is 0. The first-order valence-corrected chi connectivity index (χ1v) is 22.6. The van der Waals surface area contributed by atoms with Crippen LogP contribution in [0.25, 0.3) is 133 Å². The van der Waals surface area contributed by atoms with E-state index in [2.05, 4.69) is 203 Å². The van der Waals surface area contributed by atoms with Crippen molar-refractivity contribution in [1.29, 1.82) is 0 Å². The first-order chi connectivity index (χ1) is 33.2. The molecular formula is C61H37N5O. The minimum absolute atomic E-state index is 0.577. The van der Waals surface area contributed by atoms with E-state index in [0.29, 0.717) is 17.5 Å². The summed E-state index contributed by atoms with van der Waals surface area (Å²) in [4.78, 5) is 15.8. The number of rotatable bonds is 6. The quantitative estimate of drug-likeness (QED) is 0.167. The van der Waals surface area contributed by atoms with Gasteiger partial charge >= 0.3 is 0 Å². The molecule has 0 aliphatic carbocycles. The predicted molar refractivity (Wildman–Crippen MR) is 275 cm³/mol. The molecule has 312 valence electrons. The van der Waals surface area contributed by atoms with Crippen LogP contribution < -0.4 is 0 Å². The van der Waals surface area contributed by atoms with E-state index in [0.717, 1.165) is 88.6 Å². The molecular weight excluding hydrogens is 819 g/mol. The molecule has 4 aromatic heterocycles. The number of fused-ring (bicyclic) bond motifs is 10. The van der Waals surface area contributed by atoms with E-state index in [1.165, 1.54) is 26.9 Å². The van der Waals surface area contributed by atoms with Crippen LogP contribution in [0.4, 0.5) is 0 Å². The molecule has 6 heteroatoms. The van der Waals surface area contributed by atoms with Gasteiger partial charge in [-0.2, -0.15) is 0 Å². The molecule has 67 heavy (non-hydrogen) atoms. The van der Waals surface area contributed by atoms with Crippen LogP contribution >= 0.6 is 0 Å². The number of para-hydroxylation sites is 5. The maximum atomic E-state index is 6.79. The molecule has 10 aromatic carbocycles. The van der Waals surface area contributed by atoms with Gasteiger partial charge in [-0.15, -0.1) is 0 Å². The molecule has 6 nitrogen and oxygen atoms in total. The maximum Gasteiger partial charge on any atom is 0.164 e. The average molecular weight is 856 g/mol. The Kier molecular flexibility index (Phi) is 8.18. The van der Waals surface area contributed by atoms with Crippen LogP contribution in [0.2, 0.25) is 0 Å². The lowest BCUT2D eigenvalue weighted by Crippen LogP contribution is -2.02. The summed E-state index contributed by atoms with van der Waals surface area (Å²) < 4.78 is 11.5. The van der Waals surface area contributed by atoms with Crippen molar-refractivity contribution in [2.24, 2.45) is 0 Å². The van der Waals surface area contributed by atoms with E-state index >= 15 is 0 Å². The maximum absolute atomic E-state index is 6.79. The van der Waals surface area contributed by atoms with Gasteiger partial charge < -0.3 is 13.6 Å². The second-order valence-corrected chi connectivity index (χ2v) is 17.2. The number of nitrogens with zero attached hydrogens (tertiary/aromatic N) is 5. The molecule has 14 rings (SSSR count). The molecule has 4 heterocycles. The van der Waals surface area contributed by atoms with Gasteiger partial charge in [0.15, 0.2) is 17.5 Å². The van der Waals surface area contributed by atoms with E-state index in [9.17, 15) is 0 Å². The van der Waals surface area contributed by atoms with Crippen molar-refractivity contribution in [3.05, 3.63) is 224 Å². The van der Waals surface area contributed by atoms with Crippen LogP contribution in [0.1, 0.15) is 0 Å². The van der Waals surface area contributed by atoms with E-state index in [1.54, 1.807) is 0 Å². The highest BCUT2D eigenvalue weighted by atomic mass is 16.3. The van der Waals surface area contributed by atoms with Crippen LogP contribution in [-0.4, -0.2) is 24.1 Å². The first-order valence-electron chi connectivity index (χ1n) is 22.6. The third kappa shape index (κ3) is 5.86. The molecule has 0 saturated carbocycles. The molecule has 0 atom stereocenters. The highest BCUT2D eigenvalue weighted by Gasteiger charge is 2.22. The van der Waals surface area contributed by atoms with Crippen LogP contribution in [0, 0.1) is 0 Å². The zero-order valence-electron chi connectivity index (χ0n) is 36.0. The summed E-state index contributed by atoms with van der Waals surface area (Å²) in [6.45, 7) is 0. The van der Waals surface area contributed by atoms with Gasteiger partial charge in [-0.3, -0.25) is 0 Å². The summed E-state index contributed by atoms with van der Waals surface area (Å²) in [5, 5.41) is 9.23. The van der Waals surface area contributed by atoms with Gasteiger partial charge in [0.05, 0.1) is 27.8 Å². The Morgan fingerprint density at radius 1 is 0.313 bits per heavy atom. The van der Waals surface area contributed by atoms with Gasteiger partial charge in [-0.1, -0.05) is 146 Å². The minimum atomic E-state index is 0.577. The lowest BCUT2D eigenvalue weighted by atomic mass is 9.97. The van der Waals surface area contributed by atoms with Crippen LogP contribution in [-0.2, 0) is 0 Å². The summed E-state index contributed by atoms with van der Waals surface area (Å²) in [7, 11) is 0. The van der Waals surface area contributed by atoms with Gasteiger partial charge in [-0.05, 0) is 89.6 Å². The van der Waals surface area contributed by atoms with Gasteiger partial charge in [0.1, 0.15) is 11.2 Å². The topological polar surface area (TPSA) is 61.7 Å². The Morgan fingerprint density at radius 3 is 1.63 bits per heavy atom. The van der Waals surface area contributed by atoms with Crippen molar-refractivity contribution >= 4 is 76.3 Å². The molecule has 0 unspecified atom stereocenters. The van der Waals surface area contributed by atoms with Crippen molar-refractivity contribution < 1.29 is 4.42 Å². The molecule has 0 bridgehead atoms. The number of aromatic nitrogens is 5. The summed E-state index contributed by atoms with van der Waals surface area (Å²) in [5.41, 5.74) is 13.0. The fourth-order valence-corrected chi connectivity index (χ4v) is 10.3. The Bertz CT molecular complexity index is 4280. The van der Waals surface area contributed by atoms with E-state index < -0.39 is 0 Å². The third-order valence-corrected chi connectivity index (χ3v) is 13.3. The number of hydrogen-bond acceptors (Lipinski definition) is 4. The van der Waals surface area contributed by atoms with E-state index in [-0.39, 0.29) is 0 Å². The van der Waals surface area contributed by atoms with Crippen LogP contribution in [0.3, 0.4) is 0 Å². The summed E-state index contributed by atoms with van der Waals surface area (Å²) in [6.07, 6.45) is 0. The van der Waals surface area contributed by atoms with Gasteiger partial charge in [-0.25, -0.2) is 15.0 Å². The second kappa shape index (κ2) is 14.7. The van der Waals surface area contributed by atoms with Crippen LogP contribution in [0.5, 0.6) is 0 Å². The molecule has 0 aliphatic heterocycles. The number of furan rings is 1. The zero-order valence-corrected chi connectivity index (χ0v) is 36.0. The van der Waals surface area contributed by atoms with Gasteiger partial charge in [0, 0.05) is 65.8 Å². The highest BCUT2D eigenvalue weighted by molar-refractivity contribution is 6.15. The van der Waals surface area contributed by atoms with Crippen molar-refractivity contribution in [2.45, 2.75) is 0 Å². The molecule has 0 aliphatic rings. The molecule has 0 fully saturated rings. The zero-order chi connectivity index (χ0) is 44.0. The smallest absolute Gasteiger partial charge is 0.164 e. The largest absolute Gasteiger partial charge is 0.455 e. The van der Waals surface area contributed by atoms with E-state index in [1.807, 2.05) is 30.3 Å². The molecule has 0 spiro atoms. The lowest BCUT2D eigenvalue weighted by Gasteiger charge is -2.16. The standard InChI is InChI=1S/C61H37N5O/c1-3-16-38(17-4-1)59-62-60(41-30-32-54-49(35-41)44-22-9-12-27-52(44)65(54)43-20-5-2-6-21-43)64-61(63-59)42-31-33-55(51(36-42)48-26-15-25-47-46-24-11-14-29-57(46)67-58(47)48)66-53-28-13-10-23-45(53)50-34-39-18-7-8-19-40(39)37-56(50)66/h1-37H. The fourth-order valence-electron chi connectivity index (χ4n) is 10.3. The Morgan fingerprint density at radius 2 is 0.866 bits per heavy atom. The van der Waals surface area contributed by atoms with Gasteiger partial charge in [0.2, 0.25) is 0 Å². The summed E-state index contributed by atoms with van der Waals surface area (Å²) in [6, 6.07) is 79.2. The number of benzene rings is 10. The van der Waals surface area contributed by atoms with Gasteiger partial charge in [0.25, 0.3) is 0 Å². The number of hydrogen-bond donors (Lipinski definition) is 0. The fraction of sp³-hybridized carbons (Fsp3) is 0. The van der Waals surface area contributed by atoms with Crippen molar-refractivity contribution in [2.75, 3.05) is 0 Å². The Balaban J connectivity index is 1.03. The Hall–Kier alpha value is -9.13. The molecule has 0 saturated heterocycles. The second-order valence-electron chi connectivity index (χ2n) is 17.2. The van der Waals surface area contributed by atoms with E-state index in [4.69, 9.17) is 19.4 Å². The van der Waals surface area contributed by atoms with Crippen molar-refractivity contribution in [3.63, 3.8) is 0 Å².